The van der Waals surface area contributed by atoms with Crippen molar-refractivity contribution < 1.29 is 9.18 Å². The highest BCUT2D eigenvalue weighted by Crippen LogP contribution is 2.23. The molecule has 0 aliphatic heterocycles. The van der Waals surface area contributed by atoms with Crippen LogP contribution in [0.15, 0.2) is 42.5 Å². The van der Waals surface area contributed by atoms with Gasteiger partial charge in [-0.15, -0.1) is 0 Å². The lowest BCUT2D eigenvalue weighted by atomic mass is 10.2. The maximum absolute atomic E-state index is 13.6. The SMILES string of the molecule is C[C@@H](C(=O)Nc1ccccc1F)N(C)Cc1ccc(Cl)c(Cl)c1. The molecular formula is C17H17Cl2FN2O. The summed E-state index contributed by atoms with van der Waals surface area (Å²) in [6.07, 6.45) is 0. The molecule has 0 saturated carbocycles. The summed E-state index contributed by atoms with van der Waals surface area (Å²) in [6, 6.07) is 11.0. The van der Waals surface area contributed by atoms with Crippen molar-refractivity contribution in [2.45, 2.75) is 19.5 Å². The van der Waals surface area contributed by atoms with Gasteiger partial charge in [-0.25, -0.2) is 4.39 Å². The maximum atomic E-state index is 13.6. The van der Waals surface area contributed by atoms with E-state index >= 15 is 0 Å². The number of carbonyl (C=O) groups is 1. The topological polar surface area (TPSA) is 32.3 Å². The third-order valence-corrected chi connectivity index (χ3v) is 4.33. The summed E-state index contributed by atoms with van der Waals surface area (Å²) < 4.78 is 13.6. The number of nitrogens with one attached hydrogen (secondary N) is 1. The number of benzene rings is 2. The van der Waals surface area contributed by atoms with Crippen molar-refractivity contribution in [1.29, 1.82) is 0 Å². The Labute approximate surface area is 145 Å². The van der Waals surface area contributed by atoms with Gasteiger partial charge in [0.05, 0.1) is 21.8 Å². The third kappa shape index (κ3) is 4.67. The van der Waals surface area contributed by atoms with Gasteiger partial charge in [-0.3, -0.25) is 9.69 Å². The molecule has 0 aliphatic carbocycles. The van der Waals surface area contributed by atoms with E-state index in [0.717, 1.165) is 5.56 Å². The van der Waals surface area contributed by atoms with E-state index in [0.29, 0.717) is 16.6 Å². The van der Waals surface area contributed by atoms with Gasteiger partial charge in [0.2, 0.25) is 5.91 Å². The van der Waals surface area contributed by atoms with Crippen molar-refractivity contribution in [3.05, 3.63) is 63.9 Å². The Morgan fingerprint density at radius 2 is 1.91 bits per heavy atom. The van der Waals surface area contributed by atoms with Crippen LogP contribution in [0.4, 0.5) is 10.1 Å². The molecule has 0 unspecified atom stereocenters. The van der Waals surface area contributed by atoms with Crippen LogP contribution < -0.4 is 5.32 Å². The number of halogens is 3. The first-order valence-electron chi connectivity index (χ1n) is 7.08. The van der Waals surface area contributed by atoms with E-state index in [1.807, 2.05) is 18.0 Å². The summed E-state index contributed by atoms with van der Waals surface area (Å²) in [6.45, 7) is 2.27. The van der Waals surface area contributed by atoms with Crippen LogP contribution in [0.2, 0.25) is 10.0 Å². The number of para-hydroxylation sites is 1. The number of hydrogen-bond acceptors (Lipinski definition) is 2. The van der Waals surface area contributed by atoms with Gasteiger partial charge in [0.1, 0.15) is 5.82 Å². The zero-order valence-electron chi connectivity index (χ0n) is 12.8. The van der Waals surface area contributed by atoms with E-state index in [-0.39, 0.29) is 11.6 Å². The number of rotatable bonds is 5. The zero-order chi connectivity index (χ0) is 17.0. The Hall–Kier alpha value is -1.62. The van der Waals surface area contributed by atoms with Crippen LogP contribution in [-0.4, -0.2) is 23.9 Å². The van der Waals surface area contributed by atoms with Crippen LogP contribution in [0, 0.1) is 5.82 Å². The Bertz CT molecular complexity index is 709. The molecule has 2 aromatic carbocycles. The van der Waals surface area contributed by atoms with Gasteiger partial charge < -0.3 is 5.32 Å². The lowest BCUT2D eigenvalue weighted by molar-refractivity contribution is -0.120. The van der Waals surface area contributed by atoms with Crippen LogP contribution >= 0.6 is 23.2 Å². The number of anilines is 1. The van der Waals surface area contributed by atoms with Crippen molar-refractivity contribution in [3.63, 3.8) is 0 Å². The largest absolute Gasteiger partial charge is 0.322 e. The number of amides is 1. The second-order valence-electron chi connectivity index (χ2n) is 5.31. The summed E-state index contributed by atoms with van der Waals surface area (Å²) in [5, 5.41) is 3.56. The second-order valence-corrected chi connectivity index (χ2v) is 6.12. The molecule has 2 rings (SSSR count). The molecule has 1 amide bonds. The number of nitrogens with zero attached hydrogens (tertiary/aromatic N) is 1. The molecule has 0 aliphatic rings. The molecule has 0 spiro atoms. The smallest absolute Gasteiger partial charge is 0.241 e. The molecule has 3 nitrogen and oxygen atoms in total. The quantitative estimate of drug-likeness (QED) is 0.851. The maximum Gasteiger partial charge on any atom is 0.241 e. The minimum atomic E-state index is -0.458. The molecule has 0 fully saturated rings. The van der Waals surface area contributed by atoms with Crippen molar-refractivity contribution in [3.8, 4) is 0 Å². The van der Waals surface area contributed by atoms with E-state index in [1.165, 1.54) is 12.1 Å². The number of hydrogen-bond donors (Lipinski definition) is 1. The number of likely N-dealkylation sites (N-methyl/N-ethyl adjacent to an activating group) is 1. The van der Waals surface area contributed by atoms with Crippen LogP contribution in [0.3, 0.4) is 0 Å². The van der Waals surface area contributed by atoms with Crippen molar-refractivity contribution in [2.24, 2.45) is 0 Å². The van der Waals surface area contributed by atoms with Crippen molar-refractivity contribution in [2.75, 3.05) is 12.4 Å². The Kier molecular flexibility index (Phi) is 5.99. The van der Waals surface area contributed by atoms with E-state index in [4.69, 9.17) is 23.2 Å². The van der Waals surface area contributed by atoms with E-state index in [1.54, 1.807) is 31.2 Å². The van der Waals surface area contributed by atoms with Gasteiger partial charge in [-0.1, -0.05) is 41.4 Å². The van der Waals surface area contributed by atoms with Crippen LogP contribution in [0.5, 0.6) is 0 Å². The van der Waals surface area contributed by atoms with Gasteiger partial charge in [0, 0.05) is 6.54 Å². The van der Waals surface area contributed by atoms with Crippen molar-refractivity contribution >= 4 is 34.8 Å². The van der Waals surface area contributed by atoms with Gasteiger partial charge >= 0.3 is 0 Å². The van der Waals surface area contributed by atoms with Crippen molar-refractivity contribution in [1.82, 2.24) is 4.90 Å². The van der Waals surface area contributed by atoms with E-state index < -0.39 is 11.9 Å². The molecule has 0 bridgehead atoms. The monoisotopic (exact) mass is 354 g/mol. The third-order valence-electron chi connectivity index (χ3n) is 3.59. The standard InChI is InChI=1S/C17H17Cl2FN2O/c1-11(17(23)21-16-6-4-3-5-15(16)20)22(2)10-12-7-8-13(18)14(19)9-12/h3-9,11H,10H2,1-2H3,(H,21,23)/t11-/m0/s1. The first kappa shape index (κ1) is 17.7. The zero-order valence-corrected chi connectivity index (χ0v) is 14.3. The first-order chi connectivity index (χ1) is 10.9. The highest BCUT2D eigenvalue weighted by atomic mass is 35.5. The average molecular weight is 355 g/mol. The summed E-state index contributed by atoms with van der Waals surface area (Å²) in [7, 11) is 1.81. The highest BCUT2D eigenvalue weighted by molar-refractivity contribution is 6.42. The fourth-order valence-electron chi connectivity index (χ4n) is 2.06. The predicted molar refractivity (Wildman–Crippen MR) is 92.4 cm³/mol. The van der Waals surface area contributed by atoms with E-state index in [2.05, 4.69) is 5.32 Å². The van der Waals surface area contributed by atoms with E-state index in [9.17, 15) is 9.18 Å². The normalized spacial score (nSPS) is 12.3. The molecule has 23 heavy (non-hydrogen) atoms. The minimum absolute atomic E-state index is 0.173. The molecule has 2 aromatic rings. The fraction of sp³-hybridized carbons (Fsp3) is 0.235. The summed E-state index contributed by atoms with van der Waals surface area (Å²) in [5.74, 6) is -0.738. The molecule has 0 heterocycles. The molecule has 122 valence electrons. The highest BCUT2D eigenvalue weighted by Gasteiger charge is 2.19. The molecule has 0 saturated heterocycles. The van der Waals surface area contributed by atoms with Crippen LogP contribution in [0.1, 0.15) is 12.5 Å². The van der Waals surface area contributed by atoms with Crippen LogP contribution in [-0.2, 0) is 11.3 Å². The molecule has 0 radical (unpaired) electrons. The lowest BCUT2D eigenvalue weighted by Crippen LogP contribution is -2.39. The summed E-state index contributed by atoms with van der Waals surface area (Å²) in [4.78, 5) is 14.1. The van der Waals surface area contributed by atoms with Gasteiger partial charge in [-0.2, -0.15) is 0 Å². The Morgan fingerprint density at radius 3 is 2.57 bits per heavy atom. The summed E-state index contributed by atoms with van der Waals surface area (Å²) in [5.41, 5.74) is 1.11. The average Bonchev–Trinajstić information content (AvgIpc) is 2.52. The Morgan fingerprint density at radius 1 is 1.22 bits per heavy atom. The first-order valence-corrected chi connectivity index (χ1v) is 7.83. The van der Waals surface area contributed by atoms with Gasteiger partial charge in [0.25, 0.3) is 0 Å². The molecular weight excluding hydrogens is 338 g/mol. The molecule has 0 aromatic heterocycles. The summed E-state index contributed by atoms with van der Waals surface area (Å²) >= 11 is 11.9. The molecule has 1 atom stereocenters. The Balaban J connectivity index is 2.01. The predicted octanol–water partition coefficient (Wildman–Crippen LogP) is 4.59. The second kappa shape index (κ2) is 7.77. The number of carbonyl (C=O) groups excluding carboxylic acids is 1. The van der Waals surface area contributed by atoms with Crippen LogP contribution in [0.25, 0.3) is 0 Å². The fourth-order valence-corrected chi connectivity index (χ4v) is 2.38. The minimum Gasteiger partial charge on any atom is -0.322 e. The van der Waals surface area contributed by atoms with Gasteiger partial charge in [-0.05, 0) is 43.8 Å². The molecule has 1 N–H and O–H groups in total. The van der Waals surface area contributed by atoms with Gasteiger partial charge in [0.15, 0.2) is 0 Å². The lowest BCUT2D eigenvalue weighted by Gasteiger charge is -2.24. The molecule has 6 heteroatoms.